The van der Waals surface area contributed by atoms with E-state index in [0.717, 1.165) is 29.0 Å². The topological polar surface area (TPSA) is 38.0 Å². The first-order valence-electron chi connectivity index (χ1n) is 6.03. The van der Waals surface area contributed by atoms with Crippen LogP contribution in [0.4, 0.5) is 0 Å². The Morgan fingerprint density at radius 2 is 2.00 bits per heavy atom. The maximum Gasteiger partial charge on any atom is 0.0583 e. The lowest BCUT2D eigenvalue weighted by Gasteiger charge is -2.09. The van der Waals surface area contributed by atoms with Crippen molar-refractivity contribution in [2.75, 3.05) is 0 Å². The quantitative estimate of drug-likeness (QED) is 0.902. The number of hydrogen-bond acceptors (Lipinski definition) is 2. The molecule has 1 unspecified atom stereocenters. The van der Waals surface area contributed by atoms with E-state index in [4.69, 9.17) is 11.6 Å². The minimum absolute atomic E-state index is 0.327. The number of benzene rings is 1. The maximum absolute atomic E-state index is 9.98. The van der Waals surface area contributed by atoms with Gasteiger partial charge in [0.1, 0.15) is 0 Å². The van der Waals surface area contributed by atoms with E-state index < -0.39 is 0 Å². The summed E-state index contributed by atoms with van der Waals surface area (Å²) in [5.41, 5.74) is 2.27. The number of aliphatic hydroxyl groups is 1. The van der Waals surface area contributed by atoms with Crippen LogP contribution in [0.5, 0.6) is 0 Å². The smallest absolute Gasteiger partial charge is 0.0583 e. The van der Waals surface area contributed by atoms with Crippen molar-refractivity contribution in [1.82, 2.24) is 9.78 Å². The molecule has 1 N–H and O–H groups in total. The molecule has 1 heterocycles. The van der Waals surface area contributed by atoms with Crippen LogP contribution in [-0.4, -0.2) is 21.0 Å². The van der Waals surface area contributed by atoms with Crippen molar-refractivity contribution in [3.05, 3.63) is 52.8 Å². The zero-order chi connectivity index (χ0) is 13.0. The predicted octanol–water partition coefficient (Wildman–Crippen LogP) is 2.61. The zero-order valence-electron chi connectivity index (χ0n) is 10.4. The summed E-state index contributed by atoms with van der Waals surface area (Å²) >= 11 is 5.82. The Morgan fingerprint density at radius 3 is 2.61 bits per heavy atom. The van der Waals surface area contributed by atoms with Crippen molar-refractivity contribution in [1.29, 1.82) is 0 Å². The molecule has 1 aromatic heterocycles. The number of aromatic nitrogens is 2. The Morgan fingerprint density at radius 1 is 1.28 bits per heavy atom. The fourth-order valence-corrected chi connectivity index (χ4v) is 2.05. The van der Waals surface area contributed by atoms with Crippen LogP contribution in [0.25, 0.3) is 0 Å². The van der Waals surface area contributed by atoms with Crippen molar-refractivity contribution in [2.24, 2.45) is 7.05 Å². The van der Waals surface area contributed by atoms with E-state index in [1.54, 1.807) is 4.68 Å². The lowest BCUT2D eigenvalue weighted by Crippen LogP contribution is -2.11. The van der Waals surface area contributed by atoms with Gasteiger partial charge >= 0.3 is 0 Å². The highest BCUT2D eigenvalue weighted by molar-refractivity contribution is 6.30. The third-order valence-electron chi connectivity index (χ3n) is 2.91. The first-order chi connectivity index (χ1) is 8.63. The molecule has 96 valence electrons. The molecule has 0 saturated heterocycles. The van der Waals surface area contributed by atoms with Gasteiger partial charge < -0.3 is 5.11 Å². The standard InChI is InChI=1S/C14H17ClN2O/c1-17-10-12(9-16-17)4-7-14(18)8-11-2-5-13(15)6-3-11/h2-3,5-6,9-10,14,18H,4,7-8H2,1H3. The third kappa shape index (κ3) is 3.86. The summed E-state index contributed by atoms with van der Waals surface area (Å²) in [5.74, 6) is 0. The molecule has 0 spiro atoms. The second kappa shape index (κ2) is 6.03. The third-order valence-corrected chi connectivity index (χ3v) is 3.16. The lowest BCUT2D eigenvalue weighted by atomic mass is 10.0. The fraction of sp³-hybridized carbons (Fsp3) is 0.357. The highest BCUT2D eigenvalue weighted by Gasteiger charge is 2.07. The highest BCUT2D eigenvalue weighted by Crippen LogP contribution is 2.13. The summed E-state index contributed by atoms with van der Waals surface area (Å²) in [4.78, 5) is 0. The normalized spacial score (nSPS) is 12.6. The van der Waals surface area contributed by atoms with E-state index in [0.29, 0.717) is 6.42 Å². The van der Waals surface area contributed by atoms with Crippen molar-refractivity contribution < 1.29 is 5.11 Å². The molecule has 0 bridgehead atoms. The molecule has 0 fully saturated rings. The Bertz CT molecular complexity index is 493. The van der Waals surface area contributed by atoms with E-state index >= 15 is 0 Å². The second-order valence-electron chi connectivity index (χ2n) is 4.55. The average Bonchev–Trinajstić information content (AvgIpc) is 2.76. The van der Waals surface area contributed by atoms with Gasteiger partial charge in [0.2, 0.25) is 0 Å². The number of hydrogen-bond donors (Lipinski definition) is 1. The molecule has 0 amide bonds. The van der Waals surface area contributed by atoms with E-state index in [9.17, 15) is 5.11 Å². The van der Waals surface area contributed by atoms with Crippen LogP contribution in [0.1, 0.15) is 17.5 Å². The Balaban J connectivity index is 1.81. The average molecular weight is 265 g/mol. The van der Waals surface area contributed by atoms with Gasteiger partial charge in [-0.1, -0.05) is 23.7 Å². The zero-order valence-corrected chi connectivity index (χ0v) is 11.1. The van der Waals surface area contributed by atoms with Gasteiger partial charge in [0.05, 0.1) is 12.3 Å². The molecule has 0 aliphatic heterocycles. The predicted molar refractivity (Wildman–Crippen MR) is 72.7 cm³/mol. The van der Waals surface area contributed by atoms with Gasteiger partial charge in [-0.3, -0.25) is 4.68 Å². The van der Waals surface area contributed by atoms with Crippen molar-refractivity contribution >= 4 is 11.6 Å². The van der Waals surface area contributed by atoms with Gasteiger partial charge in [0.25, 0.3) is 0 Å². The number of nitrogens with zero attached hydrogens (tertiary/aromatic N) is 2. The molecular formula is C14H17ClN2O. The van der Waals surface area contributed by atoms with Gasteiger partial charge in [-0.2, -0.15) is 5.10 Å². The summed E-state index contributed by atoms with van der Waals surface area (Å²) in [5, 5.41) is 14.8. The molecule has 1 atom stereocenters. The first-order valence-corrected chi connectivity index (χ1v) is 6.41. The van der Waals surface area contributed by atoms with Crippen LogP contribution in [0.3, 0.4) is 0 Å². The number of rotatable bonds is 5. The molecule has 1 aromatic carbocycles. The Kier molecular flexibility index (Phi) is 4.39. The van der Waals surface area contributed by atoms with Gasteiger partial charge in [0, 0.05) is 18.3 Å². The van der Waals surface area contributed by atoms with Crippen LogP contribution in [0.15, 0.2) is 36.7 Å². The Labute approximate surface area is 112 Å². The van der Waals surface area contributed by atoms with Crippen molar-refractivity contribution in [2.45, 2.75) is 25.4 Å². The largest absolute Gasteiger partial charge is 0.393 e. The van der Waals surface area contributed by atoms with Crippen LogP contribution in [0.2, 0.25) is 5.02 Å². The van der Waals surface area contributed by atoms with Crippen LogP contribution < -0.4 is 0 Å². The van der Waals surface area contributed by atoms with Crippen molar-refractivity contribution in [3.8, 4) is 0 Å². The highest BCUT2D eigenvalue weighted by atomic mass is 35.5. The maximum atomic E-state index is 9.98. The number of aliphatic hydroxyl groups excluding tert-OH is 1. The monoisotopic (exact) mass is 264 g/mol. The SMILES string of the molecule is Cn1cc(CCC(O)Cc2ccc(Cl)cc2)cn1. The minimum atomic E-state index is -0.327. The van der Waals surface area contributed by atoms with E-state index in [2.05, 4.69) is 5.10 Å². The molecule has 4 heteroatoms. The molecule has 0 aliphatic rings. The summed E-state index contributed by atoms with van der Waals surface area (Å²) in [7, 11) is 1.90. The van der Waals surface area contributed by atoms with Crippen LogP contribution in [-0.2, 0) is 19.9 Å². The van der Waals surface area contributed by atoms with Gasteiger partial charge in [-0.05, 0) is 42.5 Å². The molecule has 18 heavy (non-hydrogen) atoms. The number of halogens is 1. The summed E-state index contributed by atoms with van der Waals surface area (Å²) in [6.45, 7) is 0. The molecule has 0 saturated carbocycles. The molecule has 2 rings (SSSR count). The van der Waals surface area contributed by atoms with Crippen LogP contribution >= 0.6 is 11.6 Å². The second-order valence-corrected chi connectivity index (χ2v) is 4.98. The van der Waals surface area contributed by atoms with Gasteiger partial charge in [0.15, 0.2) is 0 Å². The van der Waals surface area contributed by atoms with E-state index in [1.807, 2.05) is 43.7 Å². The van der Waals surface area contributed by atoms with Crippen molar-refractivity contribution in [3.63, 3.8) is 0 Å². The molecule has 0 radical (unpaired) electrons. The first kappa shape index (κ1) is 13.1. The minimum Gasteiger partial charge on any atom is -0.393 e. The Hall–Kier alpha value is -1.32. The summed E-state index contributed by atoms with van der Waals surface area (Å²) in [6, 6.07) is 7.61. The van der Waals surface area contributed by atoms with Gasteiger partial charge in [-0.15, -0.1) is 0 Å². The van der Waals surface area contributed by atoms with Gasteiger partial charge in [-0.25, -0.2) is 0 Å². The molecule has 0 aliphatic carbocycles. The molecular weight excluding hydrogens is 248 g/mol. The van der Waals surface area contributed by atoms with E-state index in [1.165, 1.54) is 0 Å². The molecule has 3 nitrogen and oxygen atoms in total. The van der Waals surface area contributed by atoms with Crippen LogP contribution in [0, 0.1) is 0 Å². The van der Waals surface area contributed by atoms with E-state index in [-0.39, 0.29) is 6.10 Å². The summed E-state index contributed by atoms with van der Waals surface area (Å²) in [6.07, 6.45) is 5.75. The fourth-order valence-electron chi connectivity index (χ4n) is 1.93. The molecule has 2 aromatic rings. The summed E-state index contributed by atoms with van der Waals surface area (Å²) < 4.78 is 1.78. The lowest BCUT2D eigenvalue weighted by molar-refractivity contribution is 0.165. The number of aryl methyl sites for hydroxylation is 2.